The molecule has 7 nitrogen and oxygen atoms in total. The van der Waals surface area contributed by atoms with Crippen molar-refractivity contribution in [3.63, 3.8) is 0 Å². The number of methoxy groups -OCH3 is 1. The zero-order valence-electron chi connectivity index (χ0n) is 16.6. The van der Waals surface area contributed by atoms with E-state index in [-0.39, 0.29) is 0 Å². The molecule has 2 aromatic carbocycles. The van der Waals surface area contributed by atoms with E-state index in [0.717, 1.165) is 22.4 Å². The number of aliphatic carboxylic acids is 1. The van der Waals surface area contributed by atoms with Gasteiger partial charge < -0.3 is 19.5 Å². The second kappa shape index (κ2) is 7.34. The van der Waals surface area contributed by atoms with Crippen molar-refractivity contribution in [3.8, 4) is 11.5 Å². The molecule has 0 saturated heterocycles. The van der Waals surface area contributed by atoms with E-state index in [4.69, 9.17) is 9.47 Å². The molecule has 0 atom stereocenters. The quantitative estimate of drug-likeness (QED) is 0.692. The van der Waals surface area contributed by atoms with Gasteiger partial charge in [-0.2, -0.15) is 0 Å². The fourth-order valence-corrected chi connectivity index (χ4v) is 2.82. The molecule has 7 heteroatoms. The van der Waals surface area contributed by atoms with Crippen molar-refractivity contribution >= 4 is 28.4 Å². The second-order valence-electron chi connectivity index (χ2n) is 6.92. The average Bonchev–Trinajstić information content (AvgIpc) is 2.66. The molecule has 0 amide bonds. The molecule has 146 valence electrons. The number of para-hydroxylation sites is 1. The Bertz CT molecular complexity index is 1030. The number of hydrogen-bond acceptors (Lipinski definition) is 6. The van der Waals surface area contributed by atoms with Crippen LogP contribution in [0.5, 0.6) is 11.5 Å². The van der Waals surface area contributed by atoms with E-state index in [9.17, 15) is 9.90 Å². The average molecular weight is 381 g/mol. The fraction of sp³-hybridized carbons (Fsp3) is 0.286. The van der Waals surface area contributed by atoms with Gasteiger partial charge in [0, 0.05) is 24.2 Å². The number of aromatic nitrogens is 2. The lowest BCUT2D eigenvalue weighted by molar-refractivity contribution is -0.152. The summed E-state index contributed by atoms with van der Waals surface area (Å²) in [6, 6.07) is 13.1. The minimum Gasteiger partial charge on any atom is -0.493 e. The third-order valence-corrected chi connectivity index (χ3v) is 4.43. The van der Waals surface area contributed by atoms with Crippen molar-refractivity contribution in [3.05, 3.63) is 48.3 Å². The number of hydrogen-bond donors (Lipinski definition) is 1. The molecule has 0 bridgehead atoms. The molecule has 0 aliphatic rings. The Hall–Kier alpha value is -3.35. The third kappa shape index (κ3) is 3.69. The number of nitrogens with zero attached hydrogens (tertiary/aromatic N) is 3. The van der Waals surface area contributed by atoms with Crippen molar-refractivity contribution < 1.29 is 19.4 Å². The molecular formula is C21H23N3O4. The number of rotatable bonds is 6. The van der Waals surface area contributed by atoms with Gasteiger partial charge in [-0.05, 0) is 45.0 Å². The van der Waals surface area contributed by atoms with Gasteiger partial charge in [-0.25, -0.2) is 14.8 Å². The Kier molecular flexibility index (Phi) is 5.09. The van der Waals surface area contributed by atoms with Crippen LogP contribution >= 0.6 is 0 Å². The summed E-state index contributed by atoms with van der Waals surface area (Å²) in [4.78, 5) is 22.4. The first-order chi connectivity index (χ1) is 13.2. The highest BCUT2D eigenvalue weighted by molar-refractivity contribution is 5.91. The number of ether oxygens (including phenoxy) is 2. The van der Waals surface area contributed by atoms with Crippen molar-refractivity contribution in [2.45, 2.75) is 26.4 Å². The van der Waals surface area contributed by atoms with Gasteiger partial charge in [0.15, 0.2) is 17.1 Å². The first-order valence-electron chi connectivity index (χ1n) is 8.80. The van der Waals surface area contributed by atoms with Crippen LogP contribution in [0.15, 0.2) is 42.5 Å². The van der Waals surface area contributed by atoms with E-state index < -0.39 is 11.6 Å². The van der Waals surface area contributed by atoms with Crippen LogP contribution in [0.25, 0.3) is 10.9 Å². The highest BCUT2D eigenvalue weighted by Crippen LogP contribution is 2.37. The van der Waals surface area contributed by atoms with E-state index >= 15 is 0 Å². The molecule has 0 aliphatic carbocycles. The molecule has 28 heavy (non-hydrogen) atoms. The monoisotopic (exact) mass is 381 g/mol. The smallest absolute Gasteiger partial charge is 0.347 e. The Labute approximate surface area is 163 Å². The standard InChI is InChI=1S/C21H23N3O4/c1-13-22-16-9-7-6-8-15(16)19(23-13)24(4)14-10-11-17(27-5)18(12-14)28-21(2,3)20(25)26/h6-12H,1-5H3,(H,25,26). The van der Waals surface area contributed by atoms with Gasteiger partial charge in [-0.3, -0.25) is 0 Å². The predicted molar refractivity (Wildman–Crippen MR) is 108 cm³/mol. The van der Waals surface area contributed by atoms with Crippen LogP contribution in [-0.4, -0.2) is 40.8 Å². The maximum absolute atomic E-state index is 11.5. The van der Waals surface area contributed by atoms with Crippen LogP contribution < -0.4 is 14.4 Å². The maximum Gasteiger partial charge on any atom is 0.347 e. The highest BCUT2D eigenvalue weighted by Gasteiger charge is 2.31. The van der Waals surface area contributed by atoms with Gasteiger partial charge in [0.2, 0.25) is 0 Å². The highest BCUT2D eigenvalue weighted by atomic mass is 16.5. The summed E-state index contributed by atoms with van der Waals surface area (Å²) < 4.78 is 11.1. The number of aryl methyl sites for hydroxylation is 1. The van der Waals surface area contributed by atoms with Crippen LogP contribution in [0.4, 0.5) is 11.5 Å². The zero-order valence-corrected chi connectivity index (χ0v) is 16.6. The minimum atomic E-state index is -1.40. The van der Waals surface area contributed by atoms with Crippen molar-refractivity contribution in [1.29, 1.82) is 0 Å². The van der Waals surface area contributed by atoms with E-state index in [0.29, 0.717) is 17.3 Å². The second-order valence-corrected chi connectivity index (χ2v) is 6.92. The number of anilines is 2. The molecule has 0 saturated carbocycles. The summed E-state index contributed by atoms with van der Waals surface area (Å²) in [5.41, 5.74) is 0.233. The first kappa shape index (κ1) is 19.4. The number of benzene rings is 2. The summed E-state index contributed by atoms with van der Waals surface area (Å²) in [7, 11) is 3.41. The lowest BCUT2D eigenvalue weighted by Gasteiger charge is -2.25. The molecule has 0 fully saturated rings. The van der Waals surface area contributed by atoms with E-state index in [1.807, 2.05) is 49.2 Å². The summed E-state index contributed by atoms with van der Waals surface area (Å²) >= 11 is 0. The maximum atomic E-state index is 11.5. The van der Waals surface area contributed by atoms with Gasteiger partial charge in [-0.1, -0.05) is 12.1 Å². The fourth-order valence-electron chi connectivity index (χ4n) is 2.82. The minimum absolute atomic E-state index is 0.342. The molecule has 1 heterocycles. The van der Waals surface area contributed by atoms with Crippen LogP contribution in [0, 0.1) is 6.92 Å². The molecule has 0 spiro atoms. The van der Waals surface area contributed by atoms with E-state index in [1.165, 1.54) is 21.0 Å². The normalized spacial score (nSPS) is 11.3. The van der Waals surface area contributed by atoms with Crippen LogP contribution in [0.3, 0.4) is 0 Å². The van der Waals surface area contributed by atoms with Crippen LogP contribution in [0.2, 0.25) is 0 Å². The molecule has 1 aromatic heterocycles. The topological polar surface area (TPSA) is 84.8 Å². The molecule has 0 unspecified atom stereocenters. The Morgan fingerprint density at radius 2 is 1.82 bits per heavy atom. The van der Waals surface area contributed by atoms with Crippen molar-refractivity contribution in [2.24, 2.45) is 0 Å². The predicted octanol–water partition coefficient (Wildman–Crippen LogP) is 3.96. The van der Waals surface area contributed by atoms with E-state index in [2.05, 4.69) is 9.97 Å². The molecule has 1 N–H and O–H groups in total. The SMILES string of the molecule is COc1ccc(N(C)c2nc(C)nc3ccccc23)cc1OC(C)(C)C(=O)O. The lowest BCUT2D eigenvalue weighted by atomic mass is 10.1. The largest absolute Gasteiger partial charge is 0.493 e. The van der Waals surface area contributed by atoms with Gasteiger partial charge in [0.05, 0.1) is 12.6 Å². The summed E-state index contributed by atoms with van der Waals surface area (Å²) in [6.07, 6.45) is 0. The van der Waals surface area contributed by atoms with Crippen LogP contribution in [-0.2, 0) is 4.79 Å². The molecule has 3 rings (SSSR count). The summed E-state index contributed by atoms with van der Waals surface area (Å²) in [5, 5.41) is 10.3. The van der Waals surface area contributed by atoms with Gasteiger partial charge in [0.1, 0.15) is 11.6 Å². The van der Waals surface area contributed by atoms with E-state index in [1.54, 1.807) is 12.1 Å². The summed E-state index contributed by atoms with van der Waals surface area (Å²) in [5.74, 6) is 1.14. The molecule has 0 aliphatic heterocycles. The molecule has 3 aromatic rings. The Balaban J connectivity index is 2.07. The molecule has 0 radical (unpaired) electrons. The Morgan fingerprint density at radius 1 is 1.11 bits per heavy atom. The first-order valence-corrected chi connectivity index (χ1v) is 8.80. The third-order valence-electron chi connectivity index (χ3n) is 4.43. The van der Waals surface area contributed by atoms with Crippen LogP contribution in [0.1, 0.15) is 19.7 Å². The van der Waals surface area contributed by atoms with Crippen molar-refractivity contribution in [2.75, 3.05) is 19.1 Å². The Morgan fingerprint density at radius 3 is 2.50 bits per heavy atom. The number of carbonyl (C=O) groups is 1. The zero-order chi connectivity index (χ0) is 20.5. The number of carboxylic acids is 1. The summed E-state index contributed by atoms with van der Waals surface area (Å²) in [6.45, 7) is 4.83. The lowest BCUT2D eigenvalue weighted by Crippen LogP contribution is -2.38. The number of carboxylic acid groups (broad SMARTS) is 1. The molecular weight excluding hydrogens is 358 g/mol. The van der Waals surface area contributed by atoms with Gasteiger partial charge in [0.25, 0.3) is 0 Å². The van der Waals surface area contributed by atoms with Gasteiger partial charge in [-0.15, -0.1) is 0 Å². The van der Waals surface area contributed by atoms with Gasteiger partial charge >= 0.3 is 5.97 Å². The number of fused-ring (bicyclic) bond motifs is 1. The van der Waals surface area contributed by atoms with Crippen molar-refractivity contribution in [1.82, 2.24) is 9.97 Å².